The molecule has 0 spiro atoms. The van der Waals surface area contributed by atoms with Crippen LogP contribution in [0.15, 0.2) is 36.5 Å². The van der Waals surface area contributed by atoms with Crippen LogP contribution < -0.4 is 34.3 Å². The SMILES string of the molecule is [C-]#[N+]c1c(-c2ccccc2)cn(CCCCS(=O)(=O)[O-])c1NS(C)(=O)=O.[Na+]. The summed E-state index contributed by atoms with van der Waals surface area (Å²) in [7, 11) is -7.90. The number of hydrogen-bond acceptors (Lipinski definition) is 5. The molecule has 11 heteroatoms. The van der Waals surface area contributed by atoms with Crippen molar-refractivity contribution in [3.63, 3.8) is 0 Å². The van der Waals surface area contributed by atoms with Gasteiger partial charge in [0, 0.05) is 24.1 Å². The van der Waals surface area contributed by atoms with Gasteiger partial charge in [0.25, 0.3) is 0 Å². The van der Waals surface area contributed by atoms with Crippen molar-refractivity contribution >= 4 is 31.6 Å². The van der Waals surface area contributed by atoms with E-state index in [-0.39, 0.29) is 54.0 Å². The van der Waals surface area contributed by atoms with Crippen molar-refractivity contribution < 1.29 is 50.9 Å². The van der Waals surface area contributed by atoms with Gasteiger partial charge in [-0.1, -0.05) is 30.3 Å². The smallest absolute Gasteiger partial charge is 0.748 e. The molecular formula is C16H18N3NaO5S2. The number of rotatable bonds is 8. The first-order chi connectivity index (χ1) is 12.1. The second kappa shape index (κ2) is 9.73. The van der Waals surface area contributed by atoms with Crippen LogP contribution in [0.1, 0.15) is 12.8 Å². The van der Waals surface area contributed by atoms with Gasteiger partial charge >= 0.3 is 29.6 Å². The molecule has 0 aliphatic carbocycles. The Morgan fingerprint density at radius 2 is 1.78 bits per heavy atom. The fourth-order valence-electron chi connectivity index (χ4n) is 2.51. The average molecular weight is 419 g/mol. The summed E-state index contributed by atoms with van der Waals surface area (Å²) in [5.74, 6) is -0.351. The van der Waals surface area contributed by atoms with Crippen LogP contribution in [-0.4, -0.2) is 38.0 Å². The van der Waals surface area contributed by atoms with E-state index >= 15 is 0 Å². The van der Waals surface area contributed by atoms with Gasteiger partial charge in [0.2, 0.25) is 15.7 Å². The molecule has 0 saturated heterocycles. The van der Waals surface area contributed by atoms with Crippen molar-refractivity contribution in [2.75, 3.05) is 16.7 Å². The maximum Gasteiger partial charge on any atom is 1.00 e. The summed E-state index contributed by atoms with van der Waals surface area (Å²) >= 11 is 0. The number of unbranched alkanes of at least 4 members (excludes halogenated alkanes) is 1. The number of benzene rings is 1. The van der Waals surface area contributed by atoms with Crippen molar-refractivity contribution in [1.29, 1.82) is 0 Å². The number of nitrogens with zero attached hydrogens (tertiary/aromatic N) is 2. The van der Waals surface area contributed by atoms with Gasteiger partial charge in [0.05, 0.1) is 22.9 Å². The Morgan fingerprint density at radius 1 is 1.15 bits per heavy atom. The summed E-state index contributed by atoms with van der Waals surface area (Å²) in [5.41, 5.74) is 1.50. The van der Waals surface area contributed by atoms with Gasteiger partial charge < -0.3 is 9.12 Å². The van der Waals surface area contributed by atoms with E-state index in [1.54, 1.807) is 10.8 Å². The molecule has 0 aliphatic rings. The van der Waals surface area contributed by atoms with Crippen LogP contribution in [0, 0.1) is 6.57 Å². The molecule has 0 fully saturated rings. The van der Waals surface area contributed by atoms with Crippen molar-refractivity contribution in [3.8, 4) is 11.1 Å². The van der Waals surface area contributed by atoms with E-state index in [2.05, 4.69) is 9.57 Å². The predicted molar refractivity (Wildman–Crippen MR) is 98.4 cm³/mol. The molecule has 1 aromatic carbocycles. The summed E-state index contributed by atoms with van der Waals surface area (Å²) in [6.07, 6.45) is 3.14. The number of anilines is 1. The Labute approximate surface area is 181 Å². The quantitative estimate of drug-likeness (QED) is 0.266. The Hall–Kier alpha value is -1.35. The Kier molecular flexibility index (Phi) is 8.53. The van der Waals surface area contributed by atoms with Gasteiger partial charge in [-0.3, -0.25) is 4.72 Å². The van der Waals surface area contributed by atoms with E-state index < -0.39 is 25.9 Å². The van der Waals surface area contributed by atoms with E-state index in [0.29, 0.717) is 12.0 Å². The number of aryl methyl sites for hydroxylation is 1. The van der Waals surface area contributed by atoms with Crippen LogP contribution >= 0.6 is 0 Å². The first-order valence-corrected chi connectivity index (χ1v) is 11.1. The molecule has 0 saturated carbocycles. The summed E-state index contributed by atoms with van der Waals surface area (Å²) < 4.78 is 59.4. The van der Waals surface area contributed by atoms with E-state index in [9.17, 15) is 21.4 Å². The third-order valence-corrected chi connectivity index (χ3v) is 4.93. The largest absolute Gasteiger partial charge is 1.00 e. The van der Waals surface area contributed by atoms with Gasteiger partial charge in [-0.05, 0) is 18.4 Å². The molecule has 8 nitrogen and oxygen atoms in total. The maximum absolute atomic E-state index is 11.7. The molecule has 0 unspecified atom stereocenters. The number of nitrogens with one attached hydrogen (secondary N) is 1. The van der Waals surface area contributed by atoms with E-state index in [0.717, 1.165) is 11.8 Å². The molecule has 0 bridgehead atoms. The van der Waals surface area contributed by atoms with Crippen molar-refractivity contribution in [2.45, 2.75) is 19.4 Å². The van der Waals surface area contributed by atoms with Crippen LogP contribution in [0.5, 0.6) is 0 Å². The Bertz CT molecular complexity index is 1030. The van der Waals surface area contributed by atoms with Crippen LogP contribution in [0.2, 0.25) is 0 Å². The topological polar surface area (TPSA) is 113 Å². The van der Waals surface area contributed by atoms with Crippen LogP contribution in [-0.2, 0) is 26.7 Å². The second-order valence-electron chi connectivity index (χ2n) is 5.75. The van der Waals surface area contributed by atoms with Crippen molar-refractivity contribution in [1.82, 2.24) is 4.57 Å². The molecular weight excluding hydrogens is 401 g/mol. The molecule has 1 N–H and O–H groups in total. The van der Waals surface area contributed by atoms with E-state index in [1.807, 2.05) is 30.3 Å². The minimum absolute atomic E-state index is 0. The summed E-state index contributed by atoms with van der Waals surface area (Å²) in [6, 6.07) is 9.06. The van der Waals surface area contributed by atoms with Crippen LogP contribution in [0.4, 0.5) is 11.5 Å². The van der Waals surface area contributed by atoms with E-state index in [4.69, 9.17) is 6.57 Å². The molecule has 0 aliphatic heterocycles. The first kappa shape index (κ1) is 23.7. The number of hydrogen-bond donors (Lipinski definition) is 1. The summed E-state index contributed by atoms with van der Waals surface area (Å²) in [5, 5.41) is 0. The molecule has 2 aromatic rings. The van der Waals surface area contributed by atoms with Gasteiger partial charge in [0.15, 0.2) is 0 Å². The van der Waals surface area contributed by atoms with Gasteiger partial charge in [-0.25, -0.2) is 21.7 Å². The normalized spacial score (nSPS) is 11.4. The maximum atomic E-state index is 11.7. The summed E-state index contributed by atoms with van der Waals surface area (Å²) in [4.78, 5) is 3.48. The molecule has 27 heavy (non-hydrogen) atoms. The Balaban J connectivity index is 0.00000364. The van der Waals surface area contributed by atoms with Gasteiger partial charge in [-0.2, -0.15) is 0 Å². The molecule has 1 aromatic heterocycles. The zero-order valence-electron chi connectivity index (χ0n) is 15.0. The first-order valence-electron chi connectivity index (χ1n) is 7.68. The predicted octanol–water partition coefficient (Wildman–Crippen LogP) is -0.593. The molecule has 0 radical (unpaired) electrons. The number of aromatic nitrogens is 1. The molecule has 0 atom stereocenters. The van der Waals surface area contributed by atoms with E-state index in [1.165, 1.54) is 0 Å². The zero-order chi connectivity index (χ0) is 19.4. The van der Waals surface area contributed by atoms with Crippen LogP contribution in [0.3, 0.4) is 0 Å². The van der Waals surface area contributed by atoms with Crippen LogP contribution in [0.25, 0.3) is 16.0 Å². The van der Waals surface area contributed by atoms with Crippen molar-refractivity contribution in [2.24, 2.45) is 0 Å². The molecule has 0 amide bonds. The van der Waals surface area contributed by atoms with Gasteiger partial charge in [-0.15, -0.1) is 0 Å². The van der Waals surface area contributed by atoms with Gasteiger partial charge in [0.1, 0.15) is 5.82 Å². The molecule has 1 heterocycles. The average Bonchev–Trinajstić information content (AvgIpc) is 2.87. The monoisotopic (exact) mass is 419 g/mol. The fraction of sp³-hybridized carbons (Fsp3) is 0.312. The van der Waals surface area contributed by atoms with Crippen molar-refractivity contribution in [3.05, 3.63) is 47.9 Å². The number of sulfonamides is 1. The Morgan fingerprint density at radius 3 is 2.30 bits per heavy atom. The second-order valence-corrected chi connectivity index (χ2v) is 9.03. The fourth-order valence-corrected chi connectivity index (χ4v) is 3.63. The molecule has 140 valence electrons. The third-order valence-electron chi connectivity index (χ3n) is 3.57. The minimum Gasteiger partial charge on any atom is -0.748 e. The minimum atomic E-state index is -4.29. The summed E-state index contributed by atoms with van der Waals surface area (Å²) in [6.45, 7) is 7.71. The zero-order valence-corrected chi connectivity index (χ0v) is 18.7. The molecule has 2 rings (SSSR count). The third kappa shape index (κ3) is 7.29. The standard InChI is InChI=1S/C16H19N3O5S2.Na/c1-17-15-14(13-8-4-3-5-9-13)12-19(16(15)18-25(2,20)21)10-6-7-11-26(22,23)24;/h3-5,8-9,12,18H,6-7,10-11H2,2H3,(H,22,23,24);/q;+1/p-1.